The second-order valence-corrected chi connectivity index (χ2v) is 9.27. The van der Waals surface area contributed by atoms with Crippen molar-refractivity contribution in [3.63, 3.8) is 0 Å². The molecule has 0 aliphatic carbocycles. The Morgan fingerprint density at radius 2 is 1.91 bits per heavy atom. The molecule has 0 saturated carbocycles. The Labute approximate surface area is 205 Å². The Morgan fingerprint density at radius 1 is 1.18 bits per heavy atom. The molecule has 1 atom stereocenters. The highest BCUT2D eigenvalue weighted by atomic mass is 35.5. The van der Waals surface area contributed by atoms with Crippen LogP contribution in [0.4, 0.5) is 16.5 Å². The molecule has 0 bridgehead atoms. The summed E-state index contributed by atoms with van der Waals surface area (Å²) in [5.41, 5.74) is 2.49. The first-order valence-electron chi connectivity index (χ1n) is 10.4. The summed E-state index contributed by atoms with van der Waals surface area (Å²) in [7, 11) is 1.41. The lowest BCUT2D eigenvalue weighted by molar-refractivity contribution is -0.117. The van der Waals surface area contributed by atoms with Crippen molar-refractivity contribution < 1.29 is 19.1 Å². The SMILES string of the molecule is COc1cc(NC(C)=O)c(Cl)cc1C(=O)Nc1nnc([C@H]2CC(=O)N(c3ccc(C)cc3)C2)s1. The van der Waals surface area contributed by atoms with Gasteiger partial charge in [0.2, 0.25) is 16.9 Å². The molecule has 2 aromatic carbocycles. The minimum absolute atomic E-state index is 0.0216. The molecule has 2 N–H and O–H groups in total. The number of nitrogens with zero attached hydrogens (tertiary/aromatic N) is 3. The van der Waals surface area contributed by atoms with Gasteiger partial charge in [-0.25, -0.2) is 0 Å². The Morgan fingerprint density at radius 3 is 2.59 bits per heavy atom. The third-order valence-electron chi connectivity index (χ3n) is 5.33. The molecule has 0 radical (unpaired) electrons. The normalized spacial score (nSPS) is 15.4. The Hall–Kier alpha value is -3.50. The topological polar surface area (TPSA) is 114 Å². The van der Waals surface area contributed by atoms with E-state index >= 15 is 0 Å². The predicted molar refractivity (Wildman–Crippen MR) is 131 cm³/mol. The van der Waals surface area contributed by atoms with E-state index in [1.165, 1.54) is 37.5 Å². The van der Waals surface area contributed by atoms with E-state index in [0.29, 0.717) is 28.8 Å². The van der Waals surface area contributed by atoms with Gasteiger partial charge >= 0.3 is 0 Å². The van der Waals surface area contributed by atoms with Gasteiger partial charge in [-0.15, -0.1) is 10.2 Å². The van der Waals surface area contributed by atoms with Gasteiger partial charge in [0.05, 0.1) is 23.4 Å². The van der Waals surface area contributed by atoms with Crippen molar-refractivity contribution in [1.29, 1.82) is 0 Å². The summed E-state index contributed by atoms with van der Waals surface area (Å²) in [5.74, 6) is -0.634. The summed E-state index contributed by atoms with van der Waals surface area (Å²) < 4.78 is 5.29. The van der Waals surface area contributed by atoms with Crippen LogP contribution in [0.5, 0.6) is 5.75 Å². The number of methoxy groups -OCH3 is 1. The zero-order chi connectivity index (χ0) is 24.4. The highest BCUT2D eigenvalue weighted by Gasteiger charge is 2.34. The van der Waals surface area contributed by atoms with Crippen LogP contribution in [0.15, 0.2) is 36.4 Å². The van der Waals surface area contributed by atoms with E-state index in [2.05, 4.69) is 20.8 Å². The molecular formula is C23H22ClN5O4S. The summed E-state index contributed by atoms with van der Waals surface area (Å²) in [5, 5.41) is 14.7. The number of aromatic nitrogens is 2. The van der Waals surface area contributed by atoms with Gasteiger partial charge in [0, 0.05) is 37.6 Å². The molecule has 1 aromatic heterocycles. The van der Waals surface area contributed by atoms with Crippen molar-refractivity contribution in [3.05, 3.63) is 57.6 Å². The van der Waals surface area contributed by atoms with Crippen molar-refractivity contribution in [1.82, 2.24) is 10.2 Å². The molecule has 3 aromatic rings. The number of carbonyl (C=O) groups excluding carboxylic acids is 3. The number of aryl methyl sites for hydroxylation is 1. The lowest BCUT2D eigenvalue weighted by Gasteiger charge is -2.16. The number of hydrogen-bond acceptors (Lipinski definition) is 7. The molecule has 176 valence electrons. The minimum atomic E-state index is -0.486. The van der Waals surface area contributed by atoms with Crippen LogP contribution >= 0.6 is 22.9 Å². The van der Waals surface area contributed by atoms with Gasteiger partial charge < -0.3 is 15.0 Å². The average molecular weight is 500 g/mol. The van der Waals surface area contributed by atoms with E-state index in [-0.39, 0.29) is 34.1 Å². The average Bonchev–Trinajstić information content (AvgIpc) is 3.41. The number of hydrogen-bond donors (Lipinski definition) is 2. The summed E-state index contributed by atoms with van der Waals surface area (Å²) in [6.45, 7) is 3.85. The molecule has 0 spiro atoms. The minimum Gasteiger partial charge on any atom is -0.496 e. The second-order valence-electron chi connectivity index (χ2n) is 7.85. The largest absolute Gasteiger partial charge is 0.496 e. The zero-order valence-corrected chi connectivity index (χ0v) is 20.3. The van der Waals surface area contributed by atoms with Crippen LogP contribution in [-0.2, 0) is 9.59 Å². The number of nitrogens with one attached hydrogen (secondary N) is 2. The first kappa shape index (κ1) is 23.7. The molecule has 1 saturated heterocycles. The lowest BCUT2D eigenvalue weighted by Crippen LogP contribution is -2.24. The maximum absolute atomic E-state index is 12.9. The fourth-order valence-electron chi connectivity index (χ4n) is 3.65. The monoisotopic (exact) mass is 499 g/mol. The summed E-state index contributed by atoms with van der Waals surface area (Å²) >= 11 is 7.43. The van der Waals surface area contributed by atoms with Crippen LogP contribution in [0, 0.1) is 6.92 Å². The van der Waals surface area contributed by atoms with Crippen molar-refractivity contribution in [2.24, 2.45) is 0 Å². The third kappa shape index (κ3) is 5.02. The van der Waals surface area contributed by atoms with Crippen LogP contribution in [0.1, 0.15) is 40.2 Å². The van der Waals surface area contributed by atoms with Gasteiger partial charge in [0.1, 0.15) is 10.8 Å². The Kier molecular flexibility index (Phi) is 6.80. The van der Waals surface area contributed by atoms with Gasteiger partial charge in [-0.2, -0.15) is 0 Å². The maximum atomic E-state index is 12.9. The molecule has 0 unspecified atom stereocenters. The van der Waals surface area contributed by atoms with E-state index < -0.39 is 5.91 Å². The Bertz CT molecular complexity index is 1260. The molecule has 1 fully saturated rings. The smallest absolute Gasteiger partial charge is 0.261 e. The van der Waals surface area contributed by atoms with Crippen LogP contribution < -0.4 is 20.3 Å². The molecular weight excluding hydrogens is 478 g/mol. The summed E-state index contributed by atoms with van der Waals surface area (Å²) in [4.78, 5) is 38.5. The van der Waals surface area contributed by atoms with Gasteiger partial charge in [-0.3, -0.25) is 19.7 Å². The molecule has 4 rings (SSSR count). The van der Waals surface area contributed by atoms with Crippen molar-refractivity contribution in [3.8, 4) is 5.75 Å². The zero-order valence-electron chi connectivity index (χ0n) is 18.7. The van der Waals surface area contributed by atoms with Gasteiger partial charge in [0.25, 0.3) is 5.91 Å². The van der Waals surface area contributed by atoms with Crippen molar-refractivity contribution >= 4 is 57.2 Å². The first-order valence-corrected chi connectivity index (χ1v) is 11.6. The van der Waals surface area contributed by atoms with Crippen LogP contribution in [0.3, 0.4) is 0 Å². The molecule has 3 amide bonds. The number of benzene rings is 2. The highest BCUT2D eigenvalue weighted by Crippen LogP contribution is 2.35. The van der Waals surface area contributed by atoms with Crippen molar-refractivity contribution in [2.45, 2.75) is 26.2 Å². The molecule has 11 heteroatoms. The lowest BCUT2D eigenvalue weighted by atomic mass is 10.1. The quantitative estimate of drug-likeness (QED) is 0.524. The Balaban J connectivity index is 1.47. The highest BCUT2D eigenvalue weighted by molar-refractivity contribution is 7.15. The van der Waals surface area contributed by atoms with E-state index in [9.17, 15) is 14.4 Å². The summed E-state index contributed by atoms with van der Waals surface area (Å²) in [6, 6.07) is 10.7. The van der Waals surface area contributed by atoms with Crippen LogP contribution in [0.25, 0.3) is 0 Å². The fraction of sp³-hybridized carbons (Fsp3) is 0.261. The number of anilines is 3. The molecule has 1 aliphatic heterocycles. The van der Waals surface area contributed by atoms with E-state index in [1.54, 1.807) is 4.90 Å². The second kappa shape index (κ2) is 9.78. The van der Waals surface area contributed by atoms with Crippen LogP contribution in [-0.4, -0.2) is 41.6 Å². The predicted octanol–water partition coefficient (Wildman–Crippen LogP) is 4.24. The van der Waals surface area contributed by atoms with Gasteiger partial charge in [-0.05, 0) is 25.1 Å². The maximum Gasteiger partial charge on any atom is 0.261 e. The fourth-order valence-corrected chi connectivity index (χ4v) is 4.69. The first-order chi connectivity index (χ1) is 16.2. The molecule has 1 aliphatic rings. The van der Waals surface area contributed by atoms with Crippen molar-refractivity contribution in [2.75, 3.05) is 29.2 Å². The van der Waals surface area contributed by atoms with E-state index in [0.717, 1.165) is 11.3 Å². The van der Waals surface area contributed by atoms with Gasteiger partial charge in [-0.1, -0.05) is 40.6 Å². The van der Waals surface area contributed by atoms with Crippen LogP contribution in [0.2, 0.25) is 5.02 Å². The number of rotatable bonds is 6. The number of amides is 3. The number of halogens is 1. The molecule has 2 heterocycles. The third-order valence-corrected chi connectivity index (χ3v) is 6.64. The standard InChI is InChI=1S/C23H22ClN5O4S/c1-12-4-6-15(7-5-12)29-11-14(8-20(29)31)22-27-28-23(34-22)26-21(32)16-9-17(24)18(25-13(2)30)10-19(16)33-3/h4-7,9-10,14H,8,11H2,1-3H3,(H,25,30)(H,26,28,32)/t14-/m0/s1. The van der Waals surface area contributed by atoms with E-state index in [1.807, 2.05) is 31.2 Å². The number of carbonyl (C=O) groups is 3. The number of ether oxygens (including phenoxy) is 1. The molecule has 34 heavy (non-hydrogen) atoms. The molecule has 9 nitrogen and oxygen atoms in total. The van der Waals surface area contributed by atoms with E-state index in [4.69, 9.17) is 16.3 Å². The van der Waals surface area contributed by atoms with Gasteiger partial charge in [0.15, 0.2) is 0 Å². The summed E-state index contributed by atoms with van der Waals surface area (Å²) in [6.07, 6.45) is 0.324.